The van der Waals surface area contributed by atoms with E-state index in [1.54, 1.807) is 0 Å². The number of halogens is 3. The molecule has 1 fully saturated rings. The quantitative estimate of drug-likeness (QED) is 0.873. The molecule has 0 radical (unpaired) electrons. The highest BCUT2D eigenvalue weighted by atomic mass is 19.4. The lowest BCUT2D eigenvalue weighted by Gasteiger charge is -2.16. The highest BCUT2D eigenvalue weighted by Crippen LogP contribution is 2.36. The SMILES string of the molecule is CNC(CCC1CC1)c1ccc(C(F)(F)F)cn1. The second-order valence-electron chi connectivity index (χ2n) is 4.83. The molecule has 2 rings (SSSR count). The highest BCUT2D eigenvalue weighted by molar-refractivity contribution is 5.18. The molecule has 0 bridgehead atoms. The monoisotopic (exact) mass is 258 g/mol. The second kappa shape index (κ2) is 5.26. The molecule has 0 aliphatic heterocycles. The molecule has 5 heteroatoms. The van der Waals surface area contributed by atoms with Gasteiger partial charge in [0.25, 0.3) is 0 Å². The first-order chi connectivity index (χ1) is 8.50. The minimum Gasteiger partial charge on any atom is -0.312 e. The van der Waals surface area contributed by atoms with Crippen molar-refractivity contribution in [2.45, 2.75) is 37.9 Å². The fourth-order valence-electron chi connectivity index (χ4n) is 2.03. The van der Waals surface area contributed by atoms with E-state index in [1.807, 2.05) is 7.05 Å². The summed E-state index contributed by atoms with van der Waals surface area (Å²) in [5.41, 5.74) is -0.00514. The van der Waals surface area contributed by atoms with Crippen molar-refractivity contribution in [3.8, 4) is 0 Å². The van der Waals surface area contributed by atoms with Gasteiger partial charge in [-0.1, -0.05) is 12.8 Å². The summed E-state index contributed by atoms with van der Waals surface area (Å²) in [4.78, 5) is 3.93. The fraction of sp³-hybridized carbons (Fsp3) is 0.615. The van der Waals surface area contributed by atoms with Crippen LogP contribution in [0.2, 0.25) is 0 Å². The number of rotatable bonds is 5. The molecule has 1 aromatic heterocycles. The molecule has 1 N–H and O–H groups in total. The van der Waals surface area contributed by atoms with Crippen LogP contribution in [-0.4, -0.2) is 12.0 Å². The average molecular weight is 258 g/mol. The van der Waals surface area contributed by atoms with Crippen LogP contribution in [0, 0.1) is 5.92 Å². The number of alkyl halides is 3. The molecule has 1 saturated carbocycles. The summed E-state index contributed by atoms with van der Waals surface area (Å²) in [6.07, 6.45) is 1.23. The van der Waals surface area contributed by atoms with E-state index in [2.05, 4.69) is 10.3 Å². The Morgan fingerprint density at radius 2 is 2.11 bits per heavy atom. The predicted octanol–water partition coefficient (Wildman–Crippen LogP) is 3.55. The third-order valence-corrected chi connectivity index (χ3v) is 3.38. The van der Waals surface area contributed by atoms with E-state index in [0.717, 1.165) is 31.0 Å². The molecule has 1 aromatic rings. The van der Waals surface area contributed by atoms with Gasteiger partial charge in [-0.2, -0.15) is 13.2 Å². The lowest BCUT2D eigenvalue weighted by molar-refractivity contribution is -0.137. The van der Waals surface area contributed by atoms with Crippen LogP contribution >= 0.6 is 0 Å². The maximum absolute atomic E-state index is 12.4. The van der Waals surface area contributed by atoms with E-state index in [4.69, 9.17) is 0 Å². The first kappa shape index (κ1) is 13.3. The van der Waals surface area contributed by atoms with E-state index >= 15 is 0 Å². The first-order valence-corrected chi connectivity index (χ1v) is 6.21. The molecule has 0 spiro atoms. The standard InChI is InChI=1S/C13H17F3N2/c1-17-11(6-4-9-2-3-9)12-7-5-10(8-18-12)13(14,15)16/h5,7-9,11,17H,2-4,6H2,1H3. The first-order valence-electron chi connectivity index (χ1n) is 6.21. The molecule has 0 amide bonds. The van der Waals surface area contributed by atoms with Crippen molar-refractivity contribution in [2.24, 2.45) is 5.92 Å². The van der Waals surface area contributed by atoms with Crippen LogP contribution < -0.4 is 5.32 Å². The summed E-state index contributed by atoms with van der Waals surface area (Å²) in [6, 6.07) is 2.62. The molecule has 1 unspecified atom stereocenters. The van der Waals surface area contributed by atoms with Crippen molar-refractivity contribution in [1.82, 2.24) is 10.3 Å². The Labute approximate surface area is 105 Å². The molecule has 1 aliphatic rings. The van der Waals surface area contributed by atoms with Crippen molar-refractivity contribution in [1.29, 1.82) is 0 Å². The average Bonchev–Trinajstić information content (AvgIpc) is 3.13. The number of nitrogens with one attached hydrogen (secondary N) is 1. The van der Waals surface area contributed by atoms with Crippen LogP contribution in [0.15, 0.2) is 18.3 Å². The minimum atomic E-state index is -4.31. The third kappa shape index (κ3) is 3.45. The van der Waals surface area contributed by atoms with E-state index in [0.29, 0.717) is 5.69 Å². The van der Waals surface area contributed by atoms with Gasteiger partial charge in [0, 0.05) is 12.2 Å². The molecular formula is C13H17F3N2. The minimum absolute atomic E-state index is 0.0490. The van der Waals surface area contributed by atoms with Crippen LogP contribution in [0.3, 0.4) is 0 Å². The van der Waals surface area contributed by atoms with Gasteiger partial charge >= 0.3 is 6.18 Å². The second-order valence-corrected chi connectivity index (χ2v) is 4.83. The van der Waals surface area contributed by atoms with Gasteiger partial charge in [0.15, 0.2) is 0 Å². The Kier molecular flexibility index (Phi) is 3.90. The van der Waals surface area contributed by atoms with Gasteiger partial charge in [-0.3, -0.25) is 4.98 Å². The Hall–Kier alpha value is -1.10. The van der Waals surface area contributed by atoms with Crippen LogP contribution in [0.1, 0.15) is 43.0 Å². The Balaban J connectivity index is 2.01. The number of hydrogen-bond acceptors (Lipinski definition) is 2. The smallest absolute Gasteiger partial charge is 0.312 e. The van der Waals surface area contributed by atoms with Crippen molar-refractivity contribution >= 4 is 0 Å². The number of nitrogens with zero attached hydrogens (tertiary/aromatic N) is 1. The summed E-state index contributed by atoms with van der Waals surface area (Å²) in [5, 5.41) is 3.12. The van der Waals surface area contributed by atoms with E-state index in [9.17, 15) is 13.2 Å². The lowest BCUT2D eigenvalue weighted by Crippen LogP contribution is -2.18. The largest absolute Gasteiger partial charge is 0.417 e. The summed E-state index contributed by atoms with van der Waals surface area (Å²) in [6.45, 7) is 0. The molecule has 1 atom stereocenters. The van der Waals surface area contributed by atoms with Gasteiger partial charge in [-0.05, 0) is 37.9 Å². The molecule has 18 heavy (non-hydrogen) atoms. The van der Waals surface area contributed by atoms with Gasteiger partial charge in [0.1, 0.15) is 0 Å². The van der Waals surface area contributed by atoms with Gasteiger partial charge in [0.2, 0.25) is 0 Å². The zero-order valence-corrected chi connectivity index (χ0v) is 10.3. The normalized spacial score (nSPS) is 17.8. The predicted molar refractivity (Wildman–Crippen MR) is 63.0 cm³/mol. The Morgan fingerprint density at radius 1 is 1.39 bits per heavy atom. The molecule has 1 aliphatic carbocycles. The van der Waals surface area contributed by atoms with Crippen molar-refractivity contribution in [3.05, 3.63) is 29.6 Å². The molecule has 0 aromatic carbocycles. The van der Waals surface area contributed by atoms with Gasteiger partial charge in [0.05, 0.1) is 11.3 Å². The van der Waals surface area contributed by atoms with Gasteiger partial charge < -0.3 is 5.32 Å². The molecule has 1 heterocycles. The maximum Gasteiger partial charge on any atom is 0.417 e. The van der Waals surface area contributed by atoms with Crippen molar-refractivity contribution < 1.29 is 13.2 Å². The number of hydrogen-bond donors (Lipinski definition) is 1. The van der Waals surface area contributed by atoms with Crippen LogP contribution in [0.5, 0.6) is 0 Å². The Bertz CT molecular complexity index is 382. The van der Waals surface area contributed by atoms with Crippen LogP contribution in [0.4, 0.5) is 13.2 Å². The third-order valence-electron chi connectivity index (χ3n) is 3.38. The molecule has 0 saturated heterocycles. The highest BCUT2D eigenvalue weighted by Gasteiger charge is 2.31. The number of pyridine rings is 1. The Morgan fingerprint density at radius 3 is 2.56 bits per heavy atom. The van der Waals surface area contributed by atoms with Gasteiger partial charge in [-0.15, -0.1) is 0 Å². The number of aromatic nitrogens is 1. The summed E-state index contributed by atoms with van der Waals surface area (Å²) in [5.74, 6) is 0.815. The summed E-state index contributed by atoms with van der Waals surface area (Å²) in [7, 11) is 1.82. The van der Waals surface area contributed by atoms with E-state index in [1.165, 1.54) is 18.9 Å². The zero-order chi connectivity index (χ0) is 13.2. The van der Waals surface area contributed by atoms with Crippen LogP contribution in [0.25, 0.3) is 0 Å². The molecule has 2 nitrogen and oxygen atoms in total. The van der Waals surface area contributed by atoms with E-state index in [-0.39, 0.29) is 6.04 Å². The van der Waals surface area contributed by atoms with Gasteiger partial charge in [-0.25, -0.2) is 0 Å². The summed E-state index contributed by atoms with van der Waals surface area (Å²) >= 11 is 0. The van der Waals surface area contributed by atoms with Crippen molar-refractivity contribution in [3.63, 3.8) is 0 Å². The van der Waals surface area contributed by atoms with E-state index < -0.39 is 11.7 Å². The topological polar surface area (TPSA) is 24.9 Å². The fourth-order valence-corrected chi connectivity index (χ4v) is 2.03. The molecule has 100 valence electrons. The maximum atomic E-state index is 12.4. The zero-order valence-electron chi connectivity index (χ0n) is 10.3. The van der Waals surface area contributed by atoms with Crippen molar-refractivity contribution in [2.75, 3.05) is 7.05 Å². The van der Waals surface area contributed by atoms with Crippen LogP contribution in [-0.2, 0) is 6.18 Å². The molecular weight excluding hydrogens is 241 g/mol. The lowest BCUT2D eigenvalue weighted by atomic mass is 10.0. The summed E-state index contributed by atoms with van der Waals surface area (Å²) < 4.78 is 37.2.